The largest absolute Gasteiger partial charge is 0.465 e. The van der Waals surface area contributed by atoms with Crippen LogP contribution < -0.4 is 5.73 Å². The molecule has 0 aliphatic carbocycles. The molecule has 0 bridgehead atoms. The van der Waals surface area contributed by atoms with Crippen LogP contribution >= 0.6 is 12.6 Å². The van der Waals surface area contributed by atoms with Gasteiger partial charge in [-0.25, -0.2) is 4.79 Å². The summed E-state index contributed by atoms with van der Waals surface area (Å²) >= 11 is 4.05. The Hall–Kier alpha value is -1.60. The van der Waals surface area contributed by atoms with Crippen molar-refractivity contribution in [2.75, 3.05) is 18.6 Å². The summed E-state index contributed by atoms with van der Waals surface area (Å²) in [5.41, 5.74) is 7.15. The summed E-state index contributed by atoms with van der Waals surface area (Å²) in [6.07, 6.45) is 0.709. The Morgan fingerprint density at radius 1 is 1.56 bits per heavy atom. The van der Waals surface area contributed by atoms with Crippen molar-refractivity contribution in [2.24, 2.45) is 0 Å². The van der Waals surface area contributed by atoms with E-state index in [1.165, 1.54) is 7.11 Å². The van der Waals surface area contributed by atoms with Gasteiger partial charge in [-0.15, -0.1) is 0 Å². The maximum absolute atomic E-state index is 11.4. The van der Waals surface area contributed by atoms with E-state index in [0.29, 0.717) is 23.4 Å². The molecule has 0 radical (unpaired) electrons. The molecule has 0 spiro atoms. The zero-order valence-electron chi connectivity index (χ0n) is 8.99. The van der Waals surface area contributed by atoms with E-state index in [2.05, 4.69) is 29.2 Å². The van der Waals surface area contributed by atoms with E-state index in [9.17, 15) is 4.79 Å². The third kappa shape index (κ3) is 3.21. The predicted octanol–water partition coefficient (Wildman–Crippen LogP) is 1.73. The van der Waals surface area contributed by atoms with Gasteiger partial charge in [0.15, 0.2) is 0 Å². The van der Waals surface area contributed by atoms with Gasteiger partial charge in [-0.05, 0) is 18.2 Å². The van der Waals surface area contributed by atoms with Crippen molar-refractivity contribution in [1.29, 1.82) is 0 Å². The molecule has 0 aromatic heterocycles. The Morgan fingerprint density at radius 2 is 2.31 bits per heavy atom. The highest BCUT2D eigenvalue weighted by molar-refractivity contribution is 7.80. The van der Waals surface area contributed by atoms with Crippen molar-refractivity contribution < 1.29 is 9.53 Å². The monoisotopic (exact) mass is 235 g/mol. The summed E-state index contributed by atoms with van der Waals surface area (Å²) in [5, 5.41) is 0. The standard InChI is InChI=1S/C12H13NO2S/c1-15-12(14)10-8-9(4-2-3-7-16)5-6-11(10)13/h5-6,8,16H,3,7,13H2,1H3. The first-order chi connectivity index (χ1) is 7.69. The summed E-state index contributed by atoms with van der Waals surface area (Å²) in [4.78, 5) is 11.4. The first-order valence-corrected chi connectivity index (χ1v) is 5.40. The molecule has 0 fully saturated rings. The summed E-state index contributed by atoms with van der Waals surface area (Å²) in [7, 11) is 1.32. The lowest BCUT2D eigenvalue weighted by molar-refractivity contribution is 0.0602. The van der Waals surface area contributed by atoms with Gasteiger partial charge in [0.2, 0.25) is 0 Å². The van der Waals surface area contributed by atoms with Crippen molar-refractivity contribution in [3.05, 3.63) is 29.3 Å². The van der Waals surface area contributed by atoms with E-state index in [1.807, 2.05) is 0 Å². The van der Waals surface area contributed by atoms with E-state index in [0.717, 1.165) is 5.56 Å². The average Bonchev–Trinajstić information content (AvgIpc) is 2.30. The molecule has 0 saturated carbocycles. The van der Waals surface area contributed by atoms with Gasteiger partial charge in [-0.1, -0.05) is 11.8 Å². The number of nitrogens with two attached hydrogens (primary N) is 1. The second-order valence-electron chi connectivity index (χ2n) is 3.07. The molecule has 0 amide bonds. The molecule has 3 nitrogen and oxygen atoms in total. The van der Waals surface area contributed by atoms with Crippen molar-refractivity contribution >= 4 is 24.3 Å². The van der Waals surface area contributed by atoms with Crippen LogP contribution in [0.15, 0.2) is 18.2 Å². The van der Waals surface area contributed by atoms with Crippen LogP contribution in [0, 0.1) is 11.8 Å². The number of hydrogen-bond acceptors (Lipinski definition) is 4. The number of carbonyl (C=O) groups is 1. The van der Waals surface area contributed by atoms with Crippen molar-refractivity contribution in [3.8, 4) is 11.8 Å². The molecule has 0 heterocycles. The molecule has 1 aromatic rings. The number of thiol groups is 1. The Balaban J connectivity index is 2.99. The number of rotatable bonds is 2. The first-order valence-electron chi connectivity index (χ1n) is 4.76. The first kappa shape index (κ1) is 12.5. The van der Waals surface area contributed by atoms with Crippen LogP contribution in [0.2, 0.25) is 0 Å². The van der Waals surface area contributed by atoms with Crippen LogP contribution in [-0.2, 0) is 4.74 Å². The molecule has 0 aliphatic heterocycles. The number of ether oxygens (including phenoxy) is 1. The van der Waals surface area contributed by atoms with Crippen molar-refractivity contribution in [2.45, 2.75) is 6.42 Å². The fraction of sp³-hybridized carbons (Fsp3) is 0.250. The highest BCUT2D eigenvalue weighted by Crippen LogP contribution is 2.14. The molecule has 1 rings (SSSR count). The second-order valence-corrected chi connectivity index (χ2v) is 3.52. The van der Waals surface area contributed by atoms with E-state index in [1.54, 1.807) is 18.2 Å². The smallest absolute Gasteiger partial charge is 0.339 e. The van der Waals surface area contributed by atoms with E-state index >= 15 is 0 Å². The number of anilines is 1. The third-order valence-electron chi connectivity index (χ3n) is 1.93. The number of hydrogen-bond donors (Lipinski definition) is 2. The molecule has 0 aliphatic rings. The van der Waals surface area contributed by atoms with Gasteiger partial charge in [0.1, 0.15) is 0 Å². The number of esters is 1. The topological polar surface area (TPSA) is 52.3 Å². The van der Waals surface area contributed by atoms with Gasteiger partial charge < -0.3 is 10.5 Å². The number of carbonyl (C=O) groups excluding carboxylic acids is 1. The SMILES string of the molecule is COC(=O)c1cc(C#CCCS)ccc1N. The van der Waals surface area contributed by atoms with Gasteiger partial charge in [0, 0.05) is 23.4 Å². The van der Waals surface area contributed by atoms with Gasteiger partial charge in [-0.3, -0.25) is 0 Å². The maximum atomic E-state index is 11.4. The number of benzene rings is 1. The Bertz CT molecular complexity index is 446. The van der Waals surface area contributed by atoms with Crippen molar-refractivity contribution in [3.63, 3.8) is 0 Å². The van der Waals surface area contributed by atoms with Crippen LogP contribution in [0.5, 0.6) is 0 Å². The summed E-state index contributed by atoms with van der Waals surface area (Å²) in [6.45, 7) is 0. The minimum atomic E-state index is -0.449. The molecule has 0 unspecified atom stereocenters. The lowest BCUT2D eigenvalue weighted by Gasteiger charge is -2.03. The van der Waals surface area contributed by atoms with Gasteiger partial charge in [0.25, 0.3) is 0 Å². The predicted molar refractivity (Wildman–Crippen MR) is 67.5 cm³/mol. The van der Waals surface area contributed by atoms with Crippen LogP contribution in [0.1, 0.15) is 22.3 Å². The Kier molecular flexibility index (Phi) is 4.74. The van der Waals surface area contributed by atoms with E-state index in [-0.39, 0.29) is 0 Å². The molecule has 16 heavy (non-hydrogen) atoms. The zero-order valence-corrected chi connectivity index (χ0v) is 9.88. The molecule has 4 heteroatoms. The molecular weight excluding hydrogens is 222 g/mol. The summed E-state index contributed by atoms with van der Waals surface area (Å²) < 4.78 is 4.62. The normalized spacial score (nSPS) is 9.12. The Labute approximate surface area is 100 Å². The highest BCUT2D eigenvalue weighted by atomic mass is 32.1. The fourth-order valence-electron chi connectivity index (χ4n) is 1.14. The maximum Gasteiger partial charge on any atom is 0.339 e. The lowest BCUT2D eigenvalue weighted by Crippen LogP contribution is -2.05. The molecular formula is C12H13NO2S. The highest BCUT2D eigenvalue weighted by Gasteiger charge is 2.09. The quantitative estimate of drug-likeness (QED) is 0.355. The number of nitrogen functional groups attached to an aromatic ring is 1. The summed E-state index contributed by atoms with van der Waals surface area (Å²) in [5.74, 6) is 6.13. The third-order valence-corrected chi connectivity index (χ3v) is 2.15. The van der Waals surface area contributed by atoms with Crippen LogP contribution in [0.4, 0.5) is 5.69 Å². The van der Waals surface area contributed by atoms with Crippen LogP contribution in [0.25, 0.3) is 0 Å². The summed E-state index contributed by atoms with van der Waals surface area (Å²) in [6, 6.07) is 5.05. The number of methoxy groups -OCH3 is 1. The molecule has 0 atom stereocenters. The van der Waals surface area contributed by atoms with Gasteiger partial charge in [-0.2, -0.15) is 12.6 Å². The average molecular weight is 235 g/mol. The van der Waals surface area contributed by atoms with Crippen LogP contribution in [-0.4, -0.2) is 18.8 Å². The molecule has 2 N–H and O–H groups in total. The fourth-order valence-corrected chi connectivity index (χ4v) is 1.25. The Morgan fingerprint density at radius 3 is 2.94 bits per heavy atom. The van der Waals surface area contributed by atoms with E-state index < -0.39 is 5.97 Å². The van der Waals surface area contributed by atoms with E-state index in [4.69, 9.17) is 5.73 Å². The van der Waals surface area contributed by atoms with Gasteiger partial charge >= 0.3 is 5.97 Å². The molecule has 0 saturated heterocycles. The molecule has 84 valence electrons. The van der Waals surface area contributed by atoms with Crippen molar-refractivity contribution in [1.82, 2.24) is 0 Å². The lowest BCUT2D eigenvalue weighted by atomic mass is 10.1. The minimum Gasteiger partial charge on any atom is -0.465 e. The molecule has 1 aromatic carbocycles. The van der Waals surface area contributed by atoms with Crippen LogP contribution in [0.3, 0.4) is 0 Å². The van der Waals surface area contributed by atoms with Gasteiger partial charge in [0.05, 0.1) is 12.7 Å². The second kappa shape index (κ2) is 6.09. The zero-order chi connectivity index (χ0) is 12.0. The minimum absolute atomic E-state index is 0.347.